The van der Waals surface area contributed by atoms with Gasteiger partial charge in [-0.25, -0.2) is 17.5 Å². The number of halogens is 1. The minimum Gasteiger partial charge on any atom is -0.490 e. The van der Waals surface area contributed by atoms with E-state index in [2.05, 4.69) is 4.72 Å². The molecule has 1 N–H and O–H groups in total. The molecule has 1 fully saturated rings. The van der Waals surface area contributed by atoms with Gasteiger partial charge in [0.25, 0.3) is 0 Å². The van der Waals surface area contributed by atoms with Crippen LogP contribution in [0.4, 0.5) is 4.39 Å². The number of carbonyl (C=O) groups excluding carboxylic acids is 1. The van der Waals surface area contributed by atoms with Crippen LogP contribution < -0.4 is 9.46 Å². The summed E-state index contributed by atoms with van der Waals surface area (Å²) in [6, 6.07) is 6.25. The highest BCUT2D eigenvalue weighted by atomic mass is 32.2. The first-order valence-corrected chi connectivity index (χ1v) is 9.84. The summed E-state index contributed by atoms with van der Waals surface area (Å²) in [5.74, 6) is -0.113. The van der Waals surface area contributed by atoms with E-state index in [4.69, 9.17) is 4.74 Å². The second-order valence-corrected chi connectivity index (χ2v) is 7.84. The Morgan fingerprint density at radius 3 is 2.88 bits per heavy atom. The molecule has 1 aliphatic rings. The van der Waals surface area contributed by atoms with Crippen molar-refractivity contribution in [1.29, 1.82) is 0 Å². The van der Waals surface area contributed by atoms with Gasteiger partial charge in [0.2, 0.25) is 15.9 Å². The maximum atomic E-state index is 13.5. The highest BCUT2D eigenvalue weighted by Crippen LogP contribution is 2.21. The molecule has 0 spiro atoms. The van der Waals surface area contributed by atoms with Gasteiger partial charge in [0, 0.05) is 32.0 Å². The highest BCUT2D eigenvalue weighted by Gasteiger charge is 2.24. The average molecular weight is 358 g/mol. The predicted octanol–water partition coefficient (Wildman–Crippen LogP) is 1.38. The zero-order chi connectivity index (χ0) is 17.6. The zero-order valence-corrected chi connectivity index (χ0v) is 14.5. The van der Waals surface area contributed by atoms with E-state index in [0.717, 1.165) is 19.1 Å². The van der Waals surface area contributed by atoms with Crippen molar-refractivity contribution in [1.82, 2.24) is 9.62 Å². The van der Waals surface area contributed by atoms with Gasteiger partial charge in [0.05, 0.1) is 12.9 Å². The number of amides is 1. The Balaban J connectivity index is 1.78. The first-order chi connectivity index (χ1) is 11.3. The minimum atomic E-state index is -3.28. The summed E-state index contributed by atoms with van der Waals surface area (Å²) in [4.78, 5) is 13.9. The molecular weight excluding hydrogens is 335 g/mol. The Bertz CT molecular complexity index is 666. The molecule has 0 aromatic heterocycles. The van der Waals surface area contributed by atoms with Crippen molar-refractivity contribution >= 4 is 15.9 Å². The molecule has 0 unspecified atom stereocenters. The van der Waals surface area contributed by atoms with Crippen LogP contribution in [0.25, 0.3) is 0 Å². The second-order valence-electron chi connectivity index (χ2n) is 6.01. The van der Waals surface area contributed by atoms with Gasteiger partial charge in [-0.15, -0.1) is 0 Å². The monoisotopic (exact) mass is 358 g/mol. The normalized spacial score (nSPS) is 18.4. The lowest BCUT2D eigenvalue weighted by atomic mass is 9.98. The first-order valence-electron chi connectivity index (χ1n) is 7.95. The molecule has 0 bridgehead atoms. The molecule has 0 aliphatic carbocycles. The lowest BCUT2D eigenvalue weighted by Gasteiger charge is -2.32. The van der Waals surface area contributed by atoms with Crippen molar-refractivity contribution < 1.29 is 22.3 Å². The Kier molecular flexibility index (Phi) is 6.56. The van der Waals surface area contributed by atoms with Gasteiger partial charge in [-0.1, -0.05) is 12.1 Å². The van der Waals surface area contributed by atoms with E-state index in [0.29, 0.717) is 19.7 Å². The smallest absolute Gasteiger partial charge is 0.223 e. The van der Waals surface area contributed by atoms with Gasteiger partial charge < -0.3 is 9.64 Å². The third-order valence-electron chi connectivity index (χ3n) is 3.89. The molecule has 1 amide bonds. The third kappa shape index (κ3) is 6.09. The van der Waals surface area contributed by atoms with Crippen molar-refractivity contribution in [2.45, 2.75) is 19.3 Å². The molecule has 1 atom stereocenters. The average Bonchev–Trinajstić information content (AvgIpc) is 2.53. The lowest BCUT2D eigenvalue weighted by Crippen LogP contribution is -2.42. The van der Waals surface area contributed by atoms with E-state index >= 15 is 0 Å². The summed E-state index contributed by atoms with van der Waals surface area (Å²) in [6.45, 7) is 1.66. The molecule has 0 radical (unpaired) electrons. The van der Waals surface area contributed by atoms with Crippen LogP contribution in [0.5, 0.6) is 5.75 Å². The van der Waals surface area contributed by atoms with Crippen LogP contribution in [0.3, 0.4) is 0 Å². The topological polar surface area (TPSA) is 75.7 Å². The number of hydrogen-bond donors (Lipinski definition) is 1. The maximum Gasteiger partial charge on any atom is 0.223 e. The summed E-state index contributed by atoms with van der Waals surface area (Å²) >= 11 is 0. The van der Waals surface area contributed by atoms with Gasteiger partial charge in [-0.3, -0.25) is 4.79 Å². The SMILES string of the molecule is CS(=O)(=O)NCCC(=O)N1CCC[C@H](COc2ccccc2F)C1. The van der Waals surface area contributed by atoms with E-state index < -0.39 is 15.8 Å². The number of likely N-dealkylation sites (tertiary alicyclic amines) is 1. The van der Waals surface area contributed by atoms with Gasteiger partial charge in [0.1, 0.15) is 0 Å². The van der Waals surface area contributed by atoms with E-state index in [1.807, 2.05) is 0 Å². The van der Waals surface area contributed by atoms with Gasteiger partial charge in [-0.05, 0) is 25.0 Å². The number of para-hydroxylation sites is 1. The number of nitrogens with one attached hydrogen (secondary N) is 1. The van der Waals surface area contributed by atoms with Crippen molar-refractivity contribution in [2.24, 2.45) is 5.92 Å². The second kappa shape index (κ2) is 8.43. The van der Waals surface area contributed by atoms with Crippen LogP contribution in [0.15, 0.2) is 24.3 Å². The van der Waals surface area contributed by atoms with Gasteiger partial charge in [-0.2, -0.15) is 0 Å². The molecule has 2 rings (SSSR count). The third-order valence-corrected chi connectivity index (χ3v) is 4.61. The number of rotatable bonds is 7. The summed E-state index contributed by atoms with van der Waals surface area (Å²) in [5, 5.41) is 0. The van der Waals surface area contributed by atoms with Gasteiger partial charge >= 0.3 is 0 Å². The van der Waals surface area contributed by atoms with Crippen molar-refractivity contribution in [3.05, 3.63) is 30.1 Å². The van der Waals surface area contributed by atoms with E-state index in [9.17, 15) is 17.6 Å². The molecule has 1 aromatic carbocycles. The van der Waals surface area contributed by atoms with Crippen LogP contribution in [-0.2, 0) is 14.8 Å². The minimum absolute atomic E-state index is 0.0817. The maximum absolute atomic E-state index is 13.5. The number of hydrogen-bond acceptors (Lipinski definition) is 4. The Hall–Kier alpha value is -1.67. The molecule has 6 nitrogen and oxygen atoms in total. The molecular formula is C16H23FN2O4S. The molecule has 134 valence electrons. The molecule has 0 saturated carbocycles. The molecule has 1 aliphatic heterocycles. The van der Waals surface area contributed by atoms with Crippen LogP contribution in [0.1, 0.15) is 19.3 Å². The van der Waals surface area contributed by atoms with Crippen LogP contribution >= 0.6 is 0 Å². The van der Waals surface area contributed by atoms with E-state index in [1.165, 1.54) is 6.07 Å². The number of piperidine rings is 1. The number of nitrogens with zero attached hydrogens (tertiary/aromatic N) is 1. The molecule has 1 aromatic rings. The largest absolute Gasteiger partial charge is 0.490 e. The van der Waals surface area contributed by atoms with Crippen molar-refractivity contribution in [2.75, 3.05) is 32.5 Å². The standard InChI is InChI=1S/C16H23FN2O4S/c1-24(21,22)18-9-8-16(20)19-10-4-5-13(11-19)12-23-15-7-3-2-6-14(15)17/h2-3,6-7,13,18H,4-5,8-12H2,1H3/t13-/m0/s1. The Labute approximate surface area is 142 Å². The number of sulfonamides is 1. The fourth-order valence-corrected chi connectivity index (χ4v) is 3.17. The van der Waals surface area contributed by atoms with Crippen LogP contribution in [0, 0.1) is 11.7 Å². The van der Waals surface area contributed by atoms with Gasteiger partial charge in [0.15, 0.2) is 11.6 Å². The van der Waals surface area contributed by atoms with Crippen LogP contribution in [0.2, 0.25) is 0 Å². The van der Waals surface area contributed by atoms with Crippen LogP contribution in [-0.4, -0.2) is 51.7 Å². The Morgan fingerprint density at radius 1 is 1.42 bits per heavy atom. The molecule has 8 heteroatoms. The van der Waals surface area contributed by atoms with E-state index in [-0.39, 0.29) is 30.5 Å². The first kappa shape index (κ1) is 18.7. The van der Waals surface area contributed by atoms with Crippen molar-refractivity contribution in [3.63, 3.8) is 0 Å². The van der Waals surface area contributed by atoms with E-state index in [1.54, 1.807) is 23.1 Å². The van der Waals surface area contributed by atoms with Crippen molar-refractivity contribution in [3.8, 4) is 5.75 Å². The number of carbonyl (C=O) groups is 1. The molecule has 1 heterocycles. The summed E-state index contributed by atoms with van der Waals surface area (Å²) < 4.78 is 43.4. The summed E-state index contributed by atoms with van der Waals surface area (Å²) in [6.07, 6.45) is 2.97. The Morgan fingerprint density at radius 2 is 2.17 bits per heavy atom. The lowest BCUT2D eigenvalue weighted by molar-refractivity contribution is -0.133. The number of benzene rings is 1. The molecule has 24 heavy (non-hydrogen) atoms. The molecule has 1 saturated heterocycles. The fourth-order valence-electron chi connectivity index (χ4n) is 2.70. The highest BCUT2D eigenvalue weighted by molar-refractivity contribution is 7.88. The summed E-state index contributed by atoms with van der Waals surface area (Å²) in [7, 11) is -3.28. The predicted molar refractivity (Wildman–Crippen MR) is 88.7 cm³/mol. The summed E-state index contributed by atoms with van der Waals surface area (Å²) in [5.41, 5.74) is 0. The quantitative estimate of drug-likeness (QED) is 0.799. The zero-order valence-electron chi connectivity index (χ0n) is 13.7. The number of ether oxygens (including phenoxy) is 1. The fraction of sp³-hybridized carbons (Fsp3) is 0.562.